The van der Waals surface area contributed by atoms with Gasteiger partial charge in [0.2, 0.25) is 17.7 Å². The molecule has 30 heavy (non-hydrogen) atoms. The summed E-state index contributed by atoms with van der Waals surface area (Å²) in [5.74, 6) is 2.47. The smallest absolute Gasteiger partial charge is 0.230 e. The maximum atomic E-state index is 12.9. The van der Waals surface area contributed by atoms with Crippen LogP contribution in [0.15, 0.2) is 10.6 Å². The van der Waals surface area contributed by atoms with Crippen molar-refractivity contribution in [1.82, 2.24) is 20.7 Å². The average Bonchev–Trinajstić information content (AvgIpc) is 3.42. The van der Waals surface area contributed by atoms with Gasteiger partial charge in [-0.15, -0.1) is 6.42 Å². The van der Waals surface area contributed by atoms with Gasteiger partial charge in [0.25, 0.3) is 0 Å². The summed E-state index contributed by atoms with van der Waals surface area (Å²) in [4.78, 5) is 39.1. The largest absolute Gasteiger partial charge is 0.361 e. The van der Waals surface area contributed by atoms with Crippen molar-refractivity contribution in [1.29, 1.82) is 0 Å². The zero-order chi connectivity index (χ0) is 21.7. The van der Waals surface area contributed by atoms with Crippen LogP contribution in [-0.2, 0) is 27.2 Å². The molecule has 4 atom stereocenters. The highest BCUT2D eigenvalue weighted by atomic mass is 16.5. The third-order valence-electron chi connectivity index (χ3n) is 5.93. The highest BCUT2D eigenvalue weighted by molar-refractivity contribution is 5.92. The van der Waals surface area contributed by atoms with Crippen LogP contribution in [0.5, 0.6) is 0 Å². The molecule has 1 saturated heterocycles. The van der Waals surface area contributed by atoms with E-state index in [0.717, 1.165) is 25.0 Å². The van der Waals surface area contributed by atoms with Crippen LogP contribution in [0.4, 0.5) is 0 Å². The number of nitrogens with one attached hydrogen (secondary N) is 2. The van der Waals surface area contributed by atoms with E-state index >= 15 is 0 Å². The molecule has 162 valence electrons. The molecule has 1 aliphatic heterocycles. The van der Waals surface area contributed by atoms with Crippen LogP contribution < -0.4 is 10.6 Å². The van der Waals surface area contributed by atoms with E-state index in [2.05, 4.69) is 28.6 Å². The van der Waals surface area contributed by atoms with Gasteiger partial charge in [0.1, 0.15) is 5.76 Å². The summed E-state index contributed by atoms with van der Waals surface area (Å²) in [5.41, 5.74) is 0.833. The van der Waals surface area contributed by atoms with Gasteiger partial charge in [0.05, 0.1) is 30.5 Å². The molecular formula is C22H30N4O4. The molecule has 0 spiro atoms. The molecule has 1 aliphatic carbocycles. The van der Waals surface area contributed by atoms with Crippen molar-refractivity contribution >= 4 is 17.7 Å². The Hall–Kier alpha value is -2.82. The van der Waals surface area contributed by atoms with Crippen LogP contribution in [0.3, 0.4) is 0 Å². The Bertz CT molecular complexity index is 827. The van der Waals surface area contributed by atoms with E-state index < -0.39 is 0 Å². The molecule has 2 fully saturated rings. The van der Waals surface area contributed by atoms with E-state index in [1.165, 1.54) is 0 Å². The second-order valence-corrected chi connectivity index (χ2v) is 8.30. The third-order valence-corrected chi connectivity index (χ3v) is 5.93. The quantitative estimate of drug-likeness (QED) is 0.615. The second-order valence-electron chi connectivity index (χ2n) is 8.30. The summed E-state index contributed by atoms with van der Waals surface area (Å²) < 4.78 is 5.26. The summed E-state index contributed by atoms with van der Waals surface area (Å²) in [6, 6.07) is 1.76. The lowest BCUT2D eigenvalue weighted by atomic mass is 9.92. The lowest BCUT2D eigenvalue weighted by molar-refractivity contribution is -0.135. The van der Waals surface area contributed by atoms with Gasteiger partial charge in [-0.25, -0.2) is 0 Å². The molecule has 0 aromatic carbocycles. The Balaban J connectivity index is 1.52. The van der Waals surface area contributed by atoms with Crippen molar-refractivity contribution in [2.45, 2.75) is 52.0 Å². The SMILES string of the molecule is C#CCNC(=O)[C@H]1C[C@H]1C(=O)NC[C@@H]1C[C@H](C)CCN1C(=O)Cc1cc(CC)no1. The molecule has 0 unspecified atom stereocenters. The van der Waals surface area contributed by atoms with Crippen LogP contribution in [0.25, 0.3) is 0 Å². The molecule has 0 bridgehead atoms. The molecule has 2 aliphatic rings. The fourth-order valence-corrected chi connectivity index (χ4v) is 4.02. The Morgan fingerprint density at radius 1 is 1.27 bits per heavy atom. The maximum absolute atomic E-state index is 12.9. The Morgan fingerprint density at radius 3 is 2.67 bits per heavy atom. The molecule has 1 aromatic rings. The monoisotopic (exact) mass is 414 g/mol. The van der Waals surface area contributed by atoms with Crippen molar-refractivity contribution in [3.8, 4) is 12.3 Å². The molecular weight excluding hydrogens is 384 g/mol. The number of aryl methyl sites for hydroxylation is 1. The number of carbonyl (C=O) groups excluding carboxylic acids is 3. The predicted molar refractivity (Wildman–Crippen MR) is 110 cm³/mol. The van der Waals surface area contributed by atoms with E-state index in [-0.39, 0.29) is 48.6 Å². The number of likely N-dealkylation sites (tertiary alicyclic amines) is 1. The number of carbonyl (C=O) groups is 3. The van der Waals surface area contributed by atoms with Crippen LogP contribution in [0.2, 0.25) is 0 Å². The number of amides is 3. The van der Waals surface area contributed by atoms with Gasteiger partial charge in [-0.3, -0.25) is 14.4 Å². The molecule has 0 radical (unpaired) electrons. The van der Waals surface area contributed by atoms with Crippen molar-refractivity contribution in [2.24, 2.45) is 17.8 Å². The third kappa shape index (κ3) is 5.41. The normalized spacial score (nSPS) is 25.3. The lowest BCUT2D eigenvalue weighted by Gasteiger charge is -2.38. The highest BCUT2D eigenvalue weighted by Crippen LogP contribution is 2.38. The molecule has 1 saturated carbocycles. The van der Waals surface area contributed by atoms with Gasteiger partial charge >= 0.3 is 0 Å². The van der Waals surface area contributed by atoms with E-state index in [1.54, 1.807) is 0 Å². The van der Waals surface area contributed by atoms with E-state index in [1.807, 2.05) is 17.9 Å². The predicted octanol–water partition coefficient (Wildman–Crippen LogP) is 0.908. The van der Waals surface area contributed by atoms with Gasteiger partial charge in [-0.05, 0) is 31.6 Å². The number of nitrogens with zero attached hydrogens (tertiary/aromatic N) is 2. The summed E-state index contributed by atoms with van der Waals surface area (Å²) >= 11 is 0. The van der Waals surface area contributed by atoms with E-state index in [4.69, 9.17) is 10.9 Å². The second kappa shape index (κ2) is 9.79. The number of hydrogen-bond acceptors (Lipinski definition) is 5. The highest BCUT2D eigenvalue weighted by Gasteiger charge is 2.48. The zero-order valence-electron chi connectivity index (χ0n) is 17.6. The zero-order valence-corrected chi connectivity index (χ0v) is 17.6. The summed E-state index contributed by atoms with van der Waals surface area (Å²) in [6.45, 7) is 5.37. The number of terminal acetylenes is 1. The summed E-state index contributed by atoms with van der Waals surface area (Å²) in [5, 5.41) is 9.51. The first-order valence-corrected chi connectivity index (χ1v) is 10.7. The summed E-state index contributed by atoms with van der Waals surface area (Å²) in [6.07, 6.45) is 8.38. The number of aromatic nitrogens is 1. The van der Waals surface area contributed by atoms with Gasteiger partial charge < -0.3 is 20.1 Å². The van der Waals surface area contributed by atoms with Crippen LogP contribution >= 0.6 is 0 Å². The Kier molecular flexibility index (Phi) is 7.14. The van der Waals surface area contributed by atoms with Crippen LogP contribution in [-0.4, -0.2) is 53.5 Å². The molecule has 2 heterocycles. The minimum atomic E-state index is -0.311. The molecule has 8 nitrogen and oxygen atoms in total. The topological polar surface area (TPSA) is 105 Å². The standard InChI is InChI=1S/C22H30N4O4/c1-4-7-23-21(28)18-12-19(18)22(29)24-13-16-9-14(3)6-8-26(16)20(27)11-17-10-15(5-2)25-30-17/h1,10,14,16,18-19H,5-9,11-13H2,2-3H3,(H,23,28)(H,24,29)/t14-,16+,18+,19-/m1/s1. The minimum Gasteiger partial charge on any atom is -0.361 e. The first kappa shape index (κ1) is 21.9. The molecule has 2 N–H and O–H groups in total. The number of piperidine rings is 1. The first-order valence-electron chi connectivity index (χ1n) is 10.7. The molecule has 1 aromatic heterocycles. The van der Waals surface area contributed by atoms with Gasteiger partial charge in [0, 0.05) is 25.2 Å². The van der Waals surface area contributed by atoms with Gasteiger partial charge in [-0.2, -0.15) is 0 Å². The van der Waals surface area contributed by atoms with Crippen molar-refractivity contribution in [2.75, 3.05) is 19.6 Å². The molecule has 8 heteroatoms. The van der Waals surface area contributed by atoms with Crippen molar-refractivity contribution in [3.05, 3.63) is 17.5 Å². The molecule has 3 rings (SSSR count). The Labute approximate surface area is 177 Å². The fourth-order valence-electron chi connectivity index (χ4n) is 4.02. The van der Waals surface area contributed by atoms with Crippen molar-refractivity contribution in [3.63, 3.8) is 0 Å². The van der Waals surface area contributed by atoms with E-state index in [9.17, 15) is 14.4 Å². The van der Waals surface area contributed by atoms with Crippen LogP contribution in [0.1, 0.15) is 44.6 Å². The average molecular weight is 415 g/mol. The summed E-state index contributed by atoms with van der Waals surface area (Å²) in [7, 11) is 0. The first-order chi connectivity index (χ1) is 14.4. The van der Waals surface area contributed by atoms with Gasteiger partial charge in [-0.1, -0.05) is 24.9 Å². The lowest BCUT2D eigenvalue weighted by Crippen LogP contribution is -2.51. The minimum absolute atomic E-state index is 0.0158. The number of hydrogen-bond donors (Lipinski definition) is 2. The van der Waals surface area contributed by atoms with Crippen LogP contribution in [0, 0.1) is 30.1 Å². The van der Waals surface area contributed by atoms with Crippen molar-refractivity contribution < 1.29 is 18.9 Å². The number of rotatable bonds is 8. The fraction of sp³-hybridized carbons (Fsp3) is 0.636. The van der Waals surface area contributed by atoms with Gasteiger partial charge in [0.15, 0.2) is 0 Å². The Morgan fingerprint density at radius 2 is 2.00 bits per heavy atom. The molecule has 3 amide bonds. The van der Waals surface area contributed by atoms with E-state index in [0.29, 0.717) is 31.2 Å². The maximum Gasteiger partial charge on any atom is 0.230 e.